The molecule has 0 N–H and O–H groups in total. The molecule has 2 aliphatic carbocycles. The zero-order chi connectivity index (χ0) is 9.26. The van der Waals surface area contributed by atoms with E-state index in [0.29, 0.717) is 12.8 Å². The topological polar surface area (TPSA) is 0 Å². The molecule has 0 aromatic heterocycles. The van der Waals surface area contributed by atoms with E-state index in [2.05, 4.69) is 0 Å². The van der Waals surface area contributed by atoms with Crippen LogP contribution in [0.15, 0.2) is 44.3 Å². The van der Waals surface area contributed by atoms with Crippen LogP contribution in [0.25, 0.3) is 0 Å². The molecule has 2 rings (SSSR count). The Kier molecular flexibility index (Phi) is 2.54. The van der Waals surface area contributed by atoms with Gasteiger partial charge in [0, 0.05) is 0 Å². The van der Waals surface area contributed by atoms with Crippen molar-refractivity contribution >= 4 is 0 Å². The Morgan fingerprint density at radius 2 is 1.38 bits per heavy atom. The molecule has 0 atom stereocenters. The second kappa shape index (κ2) is 3.67. The van der Waals surface area contributed by atoms with E-state index in [1.54, 1.807) is 12.2 Å². The van der Waals surface area contributed by atoms with E-state index in [1.807, 2.05) is 0 Å². The monoisotopic (exact) mass is 268 g/mol. The summed E-state index contributed by atoms with van der Waals surface area (Å²) in [6.45, 7) is 0. The van der Waals surface area contributed by atoms with Gasteiger partial charge in [0.2, 0.25) is 0 Å². The first-order valence-electron chi connectivity index (χ1n) is 4.00. The van der Waals surface area contributed by atoms with Crippen LogP contribution in [0.5, 0.6) is 0 Å². The van der Waals surface area contributed by atoms with Gasteiger partial charge in [0.1, 0.15) is 0 Å². The molecular formula is C10H8F2Ru. The molecule has 13 heavy (non-hydrogen) atoms. The van der Waals surface area contributed by atoms with Gasteiger partial charge in [-0.2, -0.15) is 0 Å². The first-order chi connectivity index (χ1) is 6.27. The fraction of sp³-hybridized carbons (Fsp3) is 0.200. The van der Waals surface area contributed by atoms with Gasteiger partial charge in [-0.25, -0.2) is 0 Å². The summed E-state index contributed by atoms with van der Waals surface area (Å²) in [5.74, 6) is -0.296. The number of halogens is 2. The fourth-order valence-corrected chi connectivity index (χ4v) is 3.29. The van der Waals surface area contributed by atoms with E-state index in [-0.39, 0.29) is 11.7 Å². The maximum atomic E-state index is 13.0. The summed E-state index contributed by atoms with van der Waals surface area (Å²) in [7, 11) is 0. The summed E-state index contributed by atoms with van der Waals surface area (Å²) >= 11 is -0.393. The van der Waals surface area contributed by atoms with Gasteiger partial charge < -0.3 is 0 Å². The summed E-state index contributed by atoms with van der Waals surface area (Å²) in [5.41, 5.74) is 0. The van der Waals surface area contributed by atoms with Crippen molar-refractivity contribution in [1.82, 2.24) is 0 Å². The van der Waals surface area contributed by atoms with Crippen molar-refractivity contribution in [3.05, 3.63) is 44.3 Å². The molecule has 0 radical (unpaired) electrons. The maximum absolute atomic E-state index is 13.0. The van der Waals surface area contributed by atoms with E-state index >= 15 is 0 Å². The molecule has 0 amide bonds. The van der Waals surface area contributed by atoms with Gasteiger partial charge in [-0.15, -0.1) is 0 Å². The van der Waals surface area contributed by atoms with Crippen molar-refractivity contribution in [1.29, 1.82) is 0 Å². The van der Waals surface area contributed by atoms with Crippen LogP contribution < -0.4 is 0 Å². The van der Waals surface area contributed by atoms with Crippen LogP contribution >= 0.6 is 0 Å². The Morgan fingerprint density at radius 3 is 1.69 bits per heavy atom. The molecule has 0 saturated carbocycles. The van der Waals surface area contributed by atoms with Crippen molar-refractivity contribution in [3.63, 3.8) is 0 Å². The van der Waals surface area contributed by atoms with Gasteiger partial charge in [-0.1, -0.05) is 0 Å². The van der Waals surface area contributed by atoms with E-state index in [4.69, 9.17) is 0 Å². The predicted octanol–water partition coefficient (Wildman–Crippen LogP) is 3.35. The average molecular weight is 267 g/mol. The van der Waals surface area contributed by atoms with Gasteiger partial charge in [0.05, 0.1) is 0 Å². The van der Waals surface area contributed by atoms with Crippen LogP contribution in [-0.4, -0.2) is 0 Å². The molecule has 0 spiro atoms. The molecule has 70 valence electrons. The standard InChI is InChI=1S/2C5H4F.Ru/c2*6-5-3-1-2-4-5;/h2*1,3H,2H2;. The second-order valence-corrected chi connectivity index (χ2v) is 5.31. The molecule has 0 aromatic rings. The third-order valence-electron chi connectivity index (χ3n) is 1.83. The summed E-state index contributed by atoms with van der Waals surface area (Å²) in [6, 6.07) is 0. The molecule has 0 saturated heterocycles. The first kappa shape index (κ1) is 9.02. The van der Waals surface area contributed by atoms with E-state index in [1.165, 1.54) is 12.2 Å². The molecular weight excluding hydrogens is 259 g/mol. The second-order valence-electron chi connectivity index (χ2n) is 2.78. The van der Waals surface area contributed by atoms with E-state index in [0.717, 1.165) is 8.33 Å². The molecule has 0 heterocycles. The molecule has 0 nitrogen and oxygen atoms in total. The summed E-state index contributed by atoms with van der Waals surface area (Å²) in [5, 5.41) is 0. The van der Waals surface area contributed by atoms with Crippen LogP contribution in [0.4, 0.5) is 8.78 Å². The zero-order valence-electron chi connectivity index (χ0n) is 6.83. The SMILES string of the molecule is FC1=[C]([Ru][C]2=C(F)C=CC2)CC=C1. The van der Waals surface area contributed by atoms with Crippen molar-refractivity contribution in [2.45, 2.75) is 12.8 Å². The van der Waals surface area contributed by atoms with Crippen LogP contribution in [-0.2, 0) is 17.1 Å². The van der Waals surface area contributed by atoms with E-state index < -0.39 is 17.1 Å². The minimum atomic E-state index is -0.393. The third-order valence-corrected chi connectivity index (χ3v) is 4.42. The van der Waals surface area contributed by atoms with Crippen LogP contribution in [0, 0.1) is 0 Å². The summed E-state index contributed by atoms with van der Waals surface area (Å²) in [4.78, 5) is 0. The van der Waals surface area contributed by atoms with Gasteiger partial charge >= 0.3 is 83.0 Å². The predicted molar refractivity (Wildman–Crippen MR) is 43.8 cm³/mol. The molecule has 0 aromatic carbocycles. The molecule has 3 heteroatoms. The van der Waals surface area contributed by atoms with Crippen LogP contribution in [0.3, 0.4) is 0 Å². The van der Waals surface area contributed by atoms with Crippen LogP contribution in [0.1, 0.15) is 12.8 Å². The molecule has 0 bridgehead atoms. The van der Waals surface area contributed by atoms with Crippen molar-refractivity contribution in [2.24, 2.45) is 0 Å². The number of hydrogen-bond donors (Lipinski definition) is 0. The van der Waals surface area contributed by atoms with Crippen molar-refractivity contribution < 1.29 is 25.9 Å². The van der Waals surface area contributed by atoms with Crippen LogP contribution in [0.2, 0.25) is 0 Å². The quantitative estimate of drug-likeness (QED) is 0.673. The van der Waals surface area contributed by atoms with Gasteiger partial charge in [0.25, 0.3) is 0 Å². The van der Waals surface area contributed by atoms with E-state index in [9.17, 15) is 8.78 Å². The Labute approximate surface area is 83.3 Å². The number of rotatable bonds is 2. The van der Waals surface area contributed by atoms with Gasteiger partial charge in [0.15, 0.2) is 0 Å². The summed E-state index contributed by atoms with van der Waals surface area (Å²) in [6.07, 6.45) is 7.87. The first-order valence-corrected chi connectivity index (χ1v) is 5.74. The Balaban J connectivity index is 2.08. The normalized spacial score (nSPS) is 21.4. The Bertz CT molecular complexity index is 314. The van der Waals surface area contributed by atoms with Gasteiger partial charge in [-0.05, 0) is 0 Å². The number of hydrogen-bond acceptors (Lipinski definition) is 0. The molecule has 0 fully saturated rings. The zero-order valence-corrected chi connectivity index (χ0v) is 8.57. The van der Waals surface area contributed by atoms with Crippen molar-refractivity contribution in [3.8, 4) is 0 Å². The Hall–Kier alpha value is -0.557. The summed E-state index contributed by atoms with van der Waals surface area (Å²) < 4.78 is 27.6. The Morgan fingerprint density at radius 1 is 0.923 bits per heavy atom. The molecule has 0 aliphatic heterocycles. The third kappa shape index (κ3) is 1.86. The fourth-order valence-electron chi connectivity index (χ4n) is 1.18. The van der Waals surface area contributed by atoms with Crippen molar-refractivity contribution in [2.75, 3.05) is 0 Å². The minimum absolute atomic E-state index is 0.148. The average Bonchev–Trinajstić information content (AvgIpc) is 2.65. The molecule has 0 unspecified atom stereocenters. The molecule has 2 aliphatic rings. The van der Waals surface area contributed by atoms with Gasteiger partial charge in [-0.3, -0.25) is 0 Å². The number of allylic oxidation sites excluding steroid dienone is 8.